The summed E-state index contributed by atoms with van der Waals surface area (Å²) in [5, 5.41) is 9.24. The second-order valence-corrected chi connectivity index (χ2v) is 3.43. The molecule has 0 aromatic carbocycles. The van der Waals surface area contributed by atoms with Crippen LogP contribution in [0, 0.1) is 5.92 Å². The Morgan fingerprint density at radius 3 is 3.00 bits per heavy atom. The molecule has 2 atom stereocenters. The van der Waals surface area contributed by atoms with Crippen LogP contribution in [-0.4, -0.2) is 11.4 Å². The van der Waals surface area contributed by atoms with E-state index in [2.05, 4.69) is 12.2 Å². The van der Waals surface area contributed by atoms with Gasteiger partial charge in [-0.1, -0.05) is 18.2 Å². The number of rotatable bonds is 1. The molecule has 0 fully saturated rings. The standard InChI is InChI=1S/C11H14O2/c12-11-8-4-7-10(13-11)9-5-2-1-3-6-9/h2,4-5,7-9,11-12H,1,3,6H2. The predicted octanol–water partition coefficient (Wildman–Crippen LogP) is 2.13. The van der Waals surface area contributed by atoms with E-state index in [1.807, 2.05) is 12.2 Å². The first kappa shape index (κ1) is 8.57. The van der Waals surface area contributed by atoms with E-state index in [9.17, 15) is 5.11 Å². The molecule has 2 heteroatoms. The fraction of sp³-hybridized carbons (Fsp3) is 0.455. The topological polar surface area (TPSA) is 29.5 Å². The van der Waals surface area contributed by atoms with Crippen LogP contribution in [-0.2, 0) is 4.74 Å². The van der Waals surface area contributed by atoms with Crippen LogP contribution < -0.4 is 0 Å². The number of ether oxygens (including phenoxy) is 1. The van der Waals surface area contributed by atoms with Gasteiger partial charge in [0, 0.05) is 5.92 Å². The summed E-state index contributed by atoms with van der Waals surface area (Å²) in [6.45, 7) is 0. The van der Waals surface area contributed by atoms with Crippen molar-refractivity contribution in [2.24, 2.45) is 5.92 Å². The van der Waals surface area contributed by atoms with Gasteiger partial charge in [-0.25, -0.2) is 0 Å². The number of allylic oxidation sites excluding steroid dienone is 4. The highest BCUT2D eigenvalue weighted by atomic mass is 16.6. The van der Waals surface area contributed by atoms with Gasteiger partial charge in [-0.2, -0.15) is 0 Å². The normalized spacial score (nSPS) is 32.5. The summed E-state index contributed by atoms with van der Waals surface area (Å²) in [6, 6.07) is 0. The van der Waals surface area contributed by atoms with Gasteiger partial charge in [0.2, 0.25) is 6.29 Å². The number of aliphatic hydroxyl groups excluding tert-OH is 1. The van der Waals surface area contributed by atoms with E-state index in [1.165, 1.54) is 12.8 Å². The van der Waals surface area contributed by atoms with Gasteiger partial charge in [-0.05, 0) is 31.4 Å². The lowest BCUT2D eigenvalue weighted by molar-refractivity contribution is -0.0375. The van der Waals surface area contributed by atoms with Crippen molar-refractivity contribution in [3.05, 3.63) is 36.1 Å². The summed E-state index contributed by atoms with van der Waals surface area (Å²) in [5.74, 6) is 1.26. The molecule has 0 radical (unpaired) electrons. The van der Waals surface area contributed by atoms with Gasteiger partial charge in [-0.15, -0.1) is 0 Å². The van der Waals surface area contributed by atoms with Gasteiger partial charge in [0.05, 0.1) is 0 Å². The largest absolute Gasteiger partial charge is 0.465 e. The Kier molecular flexibility index (Phi) is 2.50. The van der Waals surface area contributed by atoms with E-state index in [4.69, 9.17) is 4.74 Å². The minimum Gasteiger partial charge on any atom is -0.465 e. The van der Waals surface area contributed by atoms with Gasteiger partial charge in [-0.3, -0.25) is 0 Å². The van der Waals surface area contributed by atoms with Crippen LogP contribution in [0.4, 0.5) is 0 Å². The van der Waals surface area contributed by atoms with E-state index in [1.54, 1.807) is 6.08 Å². The van der Waals surface area contributed by atoms with E-state index >= 15 is 0 Å². The van der Waals surface area contributed by atoms with Crippen molar-refractivity contribution >= 4 is 0 Å². The quantitative estimate of drug-likeness (QED) is 0.623. The highest BCUT2D eigenvalue weighted by Crippen LogP contribution is 2.27. The van der Waals surface area contributed by atoms with E-state index in [0.29, 0.717) is 5.92 Å². The fourth-order valence-electron chi connectivity index (χ4n) is 1.72. The smallest absolute Gasteiger partial charge is 0.217 e. The monoisotopic (exact) mass is 178 g/mol. The van der Waals surface area contributed by atoms with E-state index in [0.717, 1.165) is 12.2 Å². The Bertz CT molecular complexity index is 263. The second-order valence-electron chi connectivity index (χ2n) is 3.43. The molecule has 2 nitrogen and oxygen atoms in total. The molecule has 0 saturated heterocycles. The van der Waals surface area contributed by atoms with Gasteiger partial charge >= 0.3 is 0 Å². The van der Waals surface area contributed by atoms with Gasteiger partial charge in [0.25, 0.3) is 0 Å². The van der Waals surface area contributed by atoms with Crippen LogP contribution in [0.5, 0.6) is 0 Å². The SMILES string of the molecule is OC1C=CC=C(C2C=CCCC2)O1. The van der Waals surface area contributed by atoms with Crippen LogP contribution in [0.3, 0.4) is 0 Å². The Morgan fingerprint density at radius 2 is 2.31 bits per heavy atom. The van der Waals surface area contributed by atoms with Crippen LogP contribution in [0.1, 0.15) is 19.3 Å². The molecule has 70 valence electrons. The van der Waals surface area contributed by atoms with Crippen molar-refractivity contribution in [3.8, 4) is 0 Å². The maximum absolute atomic E-state index is 9.24. The summed E-state index contributed by atoms with van der Waals surface area (Å²) >= 11 is 0. The summed E-state index contributed by atoms with van der Waals surface area (Å²) in [6.07, 6.45) is 12.5. The maximum atomic E-state index is 9.24. The van der Waals surface area contributed by atoms with Crippen LogP contribution in [0.15, 0.2) is 36.1 Å². The molecule has 1 N–H and O–H groups in total. The van der Waals surface area contributed by atoms with Crippen molar-refractivity contribution < 1.29 is 9.84 Å². The zero-order chi connectivity index (χ0) is 9.10. The third-order valence-electron chi connectivity index (χ3n) is 2.41. The molecule has 2 aliphatic rings. The van der Waals surface area contributed by atoms with Crippen molar-refractivity contribution in [2.45, 2.75) is 25.6 Å². The third kappa shape index (κ3) is 2.01. The fourth-order valence-corrected chi connectivity index (χ4v) is 1.72. The third-order valence-corrected chi connectivity index (χ3v) is 2.41. The molecule has 13 heavy (non-hydrogen) atoms. The molecule has 2 rings (SSSR count). The lowest BCUT2D eigenvalue weighted by atomic mass is 9.93. The lowest BCUT2D eigenvalue weighted by Crippen LogP contribution is -2.16. The number of hydrogen-bond donors (Lipinski definition) is 1. The van der Waals surface area contributed by atoms with Crippen molar-refractivity contribution in [3.63, 3.8) is 0 Å². The predicted molar refractivity (Wildman–Crippen MR) is 50.8 cm³/mol. The first-order chi connectivity index (χ1) is 6.36. The van der Waals surface area contributed by atoms with Gasteiger partial charge in [0.1, 0.15) is 5.76 Å². The summed E-state index contributed by atoms with van der Waals surface area (Å²) in [4.78, 5) is 0. The van der Waals surface area contributed by atoms with Crippen LogP contribution in [0.25, 0.3) is 0 Å². The Balaban J connectivity index is 2.07. The first-order valence-electron chi connectivity index (χ1n) is 4.76. The van der Waals surface area contributed by atoms with E-state index in [-0.39, 0.29) is 0 Å². The Morgan fingerprint density at radius 1 is 1.38 bits per heavy atom. The highest BCUT2D eigenvalue weighted by Gasteiger charge is 2.18. The first-order valence-corrected chi connectivity index (χ1v) is 4.76. The van der Waals surface area contributed by atoms with Crippen molar-refractivity contribution in [2.75, 3.05) is 0 Å². The zero-order valence-corrected chi connectivity index (χ0v) is 7.52. The van der Waals surface area contributed by atoms with Crippen molar-refractivity contribution in [1.82, 2.24) is 0 Å². The van der Waals surface area contributed by atoms with Crippen LogP contribution >= 0.6 is 0 Å². The molecule has 1 aliphatic heterocycles. The molecular weight excluding hydrogens is 164 g/mol. The molecule has 0 saturated carbocycles. The summed E-state index contributed by atoms with van der Waals surface area (Å²) < 4.78 is 5.30. The summed E-state index contributed by atoms with van der Waals surface area (Å²) in [5.41, 5.74) is 0. The Hall–Kier alpha value is -1.02. The highest BCUT2D eigenvalue weighted by molar-refractivity contribution is 5.19. The molecule has 1 heterocycles. The zero-order valence-electron chi connectivity index (χ0n) is 7.52. The Labute approximate surface area is 78.2 Å². The second kappa shape index (κ2) is 3.79. The average Bonchev–Trinajstić information content (AvgIpc) is 2.19. The number of aliphatic hydroxyl groups is 1. The summed E-state index contributed by atoms with van der Waals surface area (Å²) in [7, 11) is 0. The van der Waals surface area contributed by atoms with E-state index < -0.39 is 6.29 Å². The molecule has 0 aromatic rings. The minimum absolute atomic E-state index is 0.369. The van der Waals surface area contributed by atoms with Gasteiger partial charge in [0.15, 0.2) is 0 Å². The average molecular weight is 178 g/mol. The molecule has 2 unspecified atom stereocenters. The lowest BCUT2D eigenvalue weighted by Gasteiger charge is -2.23. The molecule has 0 amide bonds. The van der Waals surface area contributed by atoms with Crippen LogP contribution in [0.2, 0.25) is 0 Å². The molecule has 0 bridgehead atoms. The van der Waals surface area contributed by atoms with Crippen molar-refractivity contribution in [1.29, 1.82) is 0 Å². The molecule has 1 aliphatic carbocycles. The molecule has 0 spiro atoms. The van der Waals surface area contributed by atoms with Gasteiger partial charge < -0.3 is 9.84 Å². The number of hydrogen-bond acceptors (Lipinski definition) is 2. The maximum Gasteiger partial charge on any atom is 0.217 e. The molecule has 0 aromatic heterocycles. The minimum atomic E-state index is -0.754. The molecular formula is C11H14O2.